The van der Waals surface area contributed by atoms with Crippen LogP contribution in [-0.2, 0) is 24.3 Å². The molecule has 3 rings (SSSR count). The number of hydrogen-bond acceptors (Lipinski definition) is 7. The zero-order valence-corrected chi connectivity index (χ0v) is 18.2. The molecule has 2 aliphatic heterocycles. The lowest BCUT2D eigenvalue weighted by atomic mass is 10.1. The molecule has 2 heterocycles. The highest BCUT2D eigenvalue weighted by Crippen LogP contribution is 2.25. The maximum absolute atomic E-state index is 12.9. The van der Waals surface area contributed by atoms with E-state index in [2.05, 4.69) is 5.32 Å². The van der Waals surface area contributed by atoms with Crippen molar-refractivity contribution in [2.24, 2.45) is 0 Å². The molecule has 0 spiro atoms. The van der Waals surface area contributed by atoms with Gasteiger partial charge in [-0.25, -0.2) is 12.7 Å². The van der Waals surface area contributed by atoms with Crippen LogP contribution in [-0.4, -0.2) is 87.2 Å². The number of fused-ring (bicyclic) bond motifs is 1. The third-order valence-corrected chi connectivity index (χ3v) is 7.07. The van der Waals surface area contributed by atoms with Gasteiger partial charge in [0.25, 0.3) is 11.8 Å². The number of methoxy groups -OCH3 is 1. The van der Waals surface area contributed by atoms with E-state index >= 15 is 0 Å². The Morgan fingerprint density at radius 3 is 2.87 bits per heavy atom. The van der Waals surface area contributed by atoms with Crippen molar-refractivity contribution in [2.75, 3.05) is 45.7 Å². The van der Waals surface area contributed by atoms with Crippen molar-refractivity contribution in [3.8, 4) is 5.75 Å². The van der Waals surface area contributed by atoms with E-state index in [1.807, 2.05) is 30.0 Å². The molecular formula is C20H29N3O6S. The van der Waals surface area contributed by atoms with E-state index in [9.17, 15) is 18.0 Å². The Kier molecular flexibility index (Phi) is 7.32. The lowest BCUT2D eigenvalue weighted by Gasteiger charge is -2.23. The van der Waals surface area contributed by atoms with Gasteiger partial charge >= 0.3 is 0 Å². The van der Waals surface area contributed by atoms with E-state index in [1.165, 1.54) is 7.11 Å². The largest absolute Gasteiger partial charge is 0.484 e. The number of rotatable bonds is 8. The van der Waals surface area contributed by atoms with E-state index in [4.69, 9.17) is 9.47 Å². The Labute approximate surface area is 177 Å². The number of carbonyl (C=O) groups is 2. The summed E-state index contributed by atoms with van der Waals surface area (Å²) in [6.45, 7) is 3.03. The standard InChI is InChI=1S/C20H29N3O6S/c1-15-5-3-6-17(11-15)29-14-19(24)21-16-12-18-20(25)23(7-4-9-28-2)30(26,27)10-8-22(18)13-16/h3,5-6,11,16,18H,4,7-10,12-14H2,1-2H3,(H,21,24)/t16-,18-/m0/s1. The molecule has 0 unspecified atom stereocenters. The van der Waals surface area contributed by atoms with Crippen LogP contribution in [0.2, 0.25) is 0 Å². The monoisotopic (exact) mass is 439 g/mol. The van der Waals surface area contributed by atoms with Gasteiger partial charge in [0.15, 0.2) is 6.61 Å². The summed E-state index contributed by atoms with van der Waals surface area (Å²) in [5.74, 6) is -0.176. The average molecular weight is 440 g/mol. The van der Waals surface area contributed by atoms with Crippen molar-refractivity contribution in [1.82, 2.24) is 14.5 Å². The molecule has 1 aromatic rings. The summed E-state index contributed by atoms with van der Waals surface area (Å²) in [5, 5.41) is 2.90. The highest BCUT2D eigenvalue weighted by atomic mass is 32.2. The lowest BCUT2D eigenvalue weighted by molar-refractivity contribution is -0.130. The maximum atomic E-state index is 12.9. The van der Waals surface area contributed by atoms with Crippen molar-refractivity contribution >= 4 is 21.8 Å². The second-order valence-corrected chi connectivity index (χ2v) is 9.70. The highest BCUT2D eigenvalue weighted by Gasteiger charge is 2.45. The Hall–Kier alpha value is -2.17. The minimum atomic E-state index is -3.64. The van der Waals surface area contributed by atoms with Crippen LogP contribution in [0.1, 0.15) is 18.4 Å². The third-order valence-electron chi connectivity index (χ3n) is 5.34. The summed E-state index contributed by atoms with van der Waals surface area (Å²) >= 11 is 0. The topological polar surface area (TPSA) is 105 Å². The molecule has 0 bridgehead atoms. The van der Waals surface area contributed by atoms with Crippen LogP contribution in [0, 0.1) is 6.92 Å². The zero-order valence-electron chi connectivity index (χ0n) is 17.4. The van der Waals surface area contributed by atoms with Gasteiger partial charge in [-0.3, -0.25) is 14.5 Å². The number of benzene rings is 1. The molecule has 10 heteroatoms. The second kappa shape index (κ2) is 9.76. The number of ether oxygens (including phenoxy) is 2. The fourth-order valence-electron chi connectivity index (χ4n) is 3.88. The Morgan fingerprint density at radius 1 is 1.33 bits per heavy atom. The Bertz CT molecular complexity index is 875. The second-order valence-electron chi connectivity index (χ2n) is 7.69. The molecule has 2 aliphatic rings. The maximum Gasteiger partial charge on any atom is 0.258 e. The number of hydrogen-bond donors (Lipinski definition) is 1. The molecule has 0 aromatic heterocycles. The molecule has 0 aliphatic carbocycles. The van der Waals surface area contributed by atoms with E-state index in [1.54, 1.807) is 6.07 Å². The van der Waals surface area contributed by atoms with Gasteiger partial charge in [0.05, 0.1) is 11.8 Å². The van der Waals surface area contributed by atoms with Crippen molar-refractivity contribution < 1.29 is 27.5 Å². The van der Waals surface area contributed by atoms with Crippen LogP contribution in [0.15, 0.2) is 24.3 Å². The number of sulfonamides is 1. The molecule has 0 radical (unpaired) electrons. The van der Waals surface area contributed by atoms with Gasteiger partial charge in [0.2, 0.25) is 10.0 Å². The SMILES string of the molecule is COCCCN1C(=O)[C@@H]2C[C@H](NC(=O)COc3cccc(C)c3)CN2CCS1(=O)=O. The summed E-state index contributed by atoms with van der Waals surface area (Å²) < 4.78 is 36.5. The lowest BCUT2D eigenvalue weighted by Crippen LogP contribution is -2.45. The quantitative estimate of drug-likeness (QED) is 0.575. The van der Waals surface area contributed by atoms with Crippen LogP contribution in [0.5, 0.6) is 5.75 Å². The number of nitrogens with one attached hydrogen (secondary N) is 1. The van der Waals surface area contributed by atoms with Gasteiger partial charge in [0, 0.05) is 39.4 Å². The number of amides is 2. The first-order valence-corrected chi connectivity index (χ1v) is 11.7. The molecule has 9 nitrogen and oxygen atoms in total. The molecule has 0 saturated carbocycles. The van der Waals surface area contributed by atoms with Crippen LogP contribution in [0.4, 0.5) is 0 Å². The fourth-order valence-corrected chi connectivity index (χ4v) is 5.37. The first kappa shape index (κ1) is 22.5. The molecular weight excluding hydrogens is 410 g/mol. The van der Waals surface area contributed by atoms with E-state index < -0.39 is 22.0 Å². The fraction of sp³-hybridized carbons (Fsp3) is 0.600. The molecule has 2 saturated heterocycles. The number of aryl methyl sites for hydroxylation is 1. The normalized spacial score (nSPS) is 23.7. The third kappa shape index (κ3) is 5.50. The zero-order chi connectivity index (χ0) is 21.7. The van der Waals surface area contributed by atoms with Gasteiger partial charge < -0.3 is 14.8 Å². The van der Waals surface area contributed by atoms with Crippen molar-refractivity contribution in [1.29, 1.82) is 0 Å². The van der Waals surface area contributed by atoms with Crippen LogP contribution in [0.25, 0.3) is 0 Å². The van der Waals surface area contributed by atoms with E-state index in [-0.39, 0.29) is 37.4 Å². The van der Waals surface area contributed by atoms with Crippen LogP contribution < -0.4 is 10.1 Å². The molecule has 1 aromatic carbocycles. The average Bonchev–Trinajstić information content (AvgIpc) is 3.07. The summed E-state index contributed by atoms with van der Waals surface area (Å²) in [4.78, 5) is 27.1. The first-order chi connectivity index (χ1) is 14.3. The summed E-state index contributed by atoms with van der Waals surface area (Å²) in [5.41, 5.74) is 1.04. The summed E-state index contributed by atoms with van der Waals surface area (Å²) in [6.07, 6.45) is 0.829. The van der Waals surface area contributed by atoms with E-state index in [0.717, 1.165) is 9.87 Å². The molecule has 2 amide bonds. The van der Waals surface area contributed by atoms with Crippen molar-refractivity contribution in [3.05, 3.63) is 29.8 Å². The van der Waals surface area contributed by atoms with Gasteiger partial charge in [0.1, 0.15) is 5.75 Å². The number of carbonyl (C=O) groups excluding carboxylic acids is 2. The van der Waals surface area contributed by atoms with Crippen molar-refractivity contribution in [3.63, 3.8) is 0 Å². The van der Waals surface area contributed by atoms with Gasteiger partial charge in [-0.2, -0.15) is 0 Å². The Morgan fingerprint density at radius 2 is 2.13 bits per heavy atom. The smallest absolute Gasteiger partial charge is 0.258 e. The highest BCUT2D eigenvalue weighted by molar-refractivity contribution is 7.89. The predicted molar refractivity (Wildman–Crippen MR) is 111 cm³/mol. The van der Waals surface area contributed by atoms with Gasteiger partial charge in [-0.05, 0) is 37.5 Å². The molecule has 2 atom stereocenters. The Balaban J connectivity index is 1.56. The van der Waals surface area contributed by atoms with Crippen LogP contribution >= 0.6 is 0 Å². The van der Waals surface area contributed by atoms with Crippen molar-refractivity contribution in [2.45, 2.75) is 31.8 Å². The molecule has 2 fully saturated rings. The van der Waals surface area contributed by atoms with Crippen LogP contribution in [0.3, 0.4) is 0 Å². The summed E-state index contributed by atoms with van der Waals surface area (Å²) in [6, 6.07) is 6.67. The van der Waals surface area contributed by atoms with Gasteiger partial charge in [-0.15, -0.1) is 0 Å². The first-order valence-electron chi connectivity index (χ1n) is 10.1. The molecule has 30 heavy (non-hydrogen) atoms. The molecule has 1 N–H and O–H groups in total. The molecule has 166 valence electrons. The minimum absolute atomic E-state index is 0.112. The summed E-state index contributed by atoms with van der Waals surface area (Å²) in [7, 11) is -2.10. The minimum Gasteiger partial charge on any atom is -0.484 e. The van der Waals surface area contributed by atoms with Gasteiger partial charge in [-0.1, -0.05) is 12.1 Å². The van der Waals surface area contributed by atoms with E-state index in [0.29, 0.717) is 31.7 Å². The number of nitrogens with zero attached hydrogens (tertiary/aromatic N) is 2. The predicted octanol–water partition coefficient (Wildman–Crippen LogP) is 0.141.